The molecule has 0 bridgehead atoms. The minimum absolute atomic E-state index is 0.296. The van der Waals surface area contributed by atoms with E-state index < -0.39 is 10.8 Å². The molecule has 3 nitrogen and oxygen atoms in total. The zero-order valence-corrected chi connectivity index (χ0v) is 8.71. The van der Waals surface area contributed by atoms with E-state index in [1.807, 2.05) is 18.2 Å². The van der Waals surface area contributed by atoms with Crippen molar-refractivity contribution in [1.29, 1.82) is 5.26 Å². The highest BCUT2D eigenvalue weighted by molar-refractivity contribution is 7.85. The molecule has 14 heavy (non-hydrogen) atoms. The zero-order valence-electron chi connectivity index (χ0n) is 7.90. The smallest absolute Gasteiger partial charge is 0.134 e. The van der Waals surface area contributed by atoms with E-state index >= 15 is 0 Å². The van der Waals surface area contributed by atoms with Crippen LogP contribution in [0.15, 0.2) is 29.2 Å². The first-order valence-corrected chi connectivity index (χ1v) is 5.50. The van der Waals surface area contributed by atoms with Gasteiger partial charge in [0.25, 0.3) is 0 Å². The number of benzene rings is 1. The second-order valence-corrected chi connectivity index (χ2v) is 4.15. The van der Waals surface area contributed by atoms with E-state index in [0.717, 1.165) is 0 Å². The molecule has 0 saturated carbocycles. The molecule has 1 rings (SSSR count). The van der Waals surface area contributed by atoms with Gasteiger partial charge in [0.15, 0.2) is 0 Å². The molecule has 1 aromatic rings. The van der Waals surface area contributed by atoms with Crippen LogP contribution in [-0.2, 0) is 10.8 Å². The molecular weight excluding hydrogens is 198 g/mol. The van der Waals surface area contributed by atoms with Crippen molar-refractivity contribution < 1.29 is 8.95 Å². The molecule has 1 unspecified atom stereocenters. The molecule has 0 saturated heterocycles. The van der Waals surface area contributed by atoms with Crippen molar-refractivity contribution in [1.82, 2.24) is 0 Å². The maximum absolute atomic E-state index is 11.7. The first-order chi connectivity index (χ1) is 6.79. The lowest BCUT2D eigenvalue weighted by atomic mass is 10.3. The summed E-state index contributed by atoms with van der Waals surface area (Å²) in [5.74, 6) is 0.973. The molecule has 4 heteroatoms. The topological polar surface area (TPSA) is 50.1 Å². The molecule has 0 aliphatic carbocycles. The van der Waals surface area contributed by atoms with Crippen LogP contribution >= 0.6 is 0 Å². The summed E-state index contributed by atoms with van der Waals surface area (Å²) in [5.41, 5.74) is 0. The number of methoxy groups -OCH3 is 1. The maximum Gasteiger partial charge on any atom is 0.134 e. The molecular formula is C10H11NO2S. The van der Waals surface area contributed by atoms with Crippen LogP contribution in [0.2, 0.25) is 0 Å². The van der Waals surface area contributed by atoms with E-state index in [2.05, 4.69) is 0 Å². The van der Waals surface area contributed by atoms with Crippen LogP contribution in [0.1, 0.15) is 6.42 Å². The summed E-state index contributed by atoms with van der Waals surface area (Å²) in [6.07, 6.45) is 0.296. The number of ether oxygens (including phenoxy) is 1. The summed E-state index contributed by atoms with van der Waals surface area (Å²) in [6.45, 7) is 0. The molecule has 0 aliphatic rings. The monoisotopic (exact) mass is 209 g/mol. The van der Waals surface area contributed by atoms with Crippen LogP contribution in [0, 0.1) is 11.3 Å². The molecule has 0 spiro atoms. The fourth-order valence-corrected chi connectivity index (χ4v) is 2.16. The van der Waals surface area contributed by atoms with E-state index in [0.29, 0.717) is 22.8 Å². The van der Waals surface area contributed by atoms with Gasteiger partial charge in [0, 0.05) is 12.2 Å². The van der Waals surface area contributed by atoms with Gasteiger partial charge in [0.05, 0.1) is 28.9 Å². The highest BCUT2D eigenvalue weighted by Gasteiger charge is 2.08. The molecule has 0 aliphatic heterocycles. The summed E-state index contributed by atoms with van der Waals surface area (Å²) in [4.78, 5) is 0.658. The Hall–Kier alpha value is -1.34. The molecule has 0 N–H and O–H groups in total. The Bertz CT molecular complexity index is 371. The molecule has 0 radical (unpaired) electrons. The lowest BCUT2D eigenvalue weighted by molar-refractivity contribution is 0.404. The Morgan fingerprint density at radius 3 is 2.86 bits per heavy atom. The number of para-hydroxylation sites is 1. The molecule has 1 aromatic carbocycles. The van der Waals surface area contributed by atoms with Gasteiger partial charge in [-0.15, -0.1) is 0 Å². The van der Waals surface area contributed by atoms with Crippen molar-refractivity contribution in [2.24, 2.45) is 0 Å². The van der Waals surface area contributed by atoms with Gasteiger partial charge in [0.1, 0.15) is 5.75 Å². The summed E-state index contributed by atoms with van der Waals surface area (Å²) >= 11 is 0. The van der Waals surface area contributed by atoms with Crippen molar-refractivity contribution >= 4 is 10.8 Å². The number of nitriles is 1. The largest absolute Gasteiger partial charge is 0.495 e. The average molecular weight is 209 g/mol. The van der Waals surface area contributed by atoms with Gasteiger partial charge in [0.2, 0.25) is 0 Å². The van der Waals surface area contributed by atoms with Crippen LogP contribution in [-0.4, -0.2) is 17.1 Å². The highest BCUT2D eigenvalue weighted by atomic mass is 32.2. The van der Waals surface area contributed by atoms with Crippen LogP contribution in [0.3, 0.4) is 0 Å². The Morgan fingerprint density at radius 1 is 1.50 bits per heavy atom. The third-order valence-corrected chi connectivity index (χ3v) is 3.12. The fourth-order valence-electron chi connectivity index (χ4n) is 1.06. The van der Waals surface area contributed by atoms with Crippen LogP contribution in [0.5, 0.6) is 5.75 Å². The minimum Gasteiger partial charge on any atom is -0.495 e. The lowest BCUT2D eigenvalue weighted by Crippen LogP contribution is -1.99. The van der Waals surface area contributed by atoms with Gasteiger partial charge >= 0.3 is 0 Å². The SMILES string of the molecule is COc1ccccc1S(=O)CCC#N. The van der Waals surface area contributed by atoms with Crippen molar-refractivity contribution in [2.45, 2.75) is 11.3 Å². The van der Waals surface area contributed by atoms with E-state index in [4.69, 9.17) is 10.00 Å². The molecule has 1 atom stereocenters. The Labute approximate surface area is 85.8 Å². The third-order valence-electron chi connectivity index (χ3n) is 1.71. The van der Waals surface area contributed by atoms with Crippen LogP contribution in [0.4, 0.5) is 0 Å². The number of hydrogen-bond donors (Lipinski definition) is 0. The third kappa shape index (κ3) is 2.57. The normalized spacial score (nSPS) is 11.7. The first kappa shape index (κ1) is 10.7. The van der Waals surface area contributed by atoms with Gasteiger partial charge in [-0.05, 0) is 12.1 Å². The highest BCUT2D eigenvalue weighted by Crippen LogP contribution is 2.21. The fraction of sp³-hybridized carbons (Fsp3) is 0.300. The van der Waals surface area contributed by atoms with E-state index in [9.17, 15) is 4.21 Å². The molecule has 0 amide bonds. The van der Waals surface area contributed by atoms with Gasteiger partial charge in [-0.25, -0.2) is 0 Å². The standard InChI is InChI=1S/C10H11NO2S/c1-13-9-5-2-3-6-10(9)14(12)8-4-7-11/h2-3,5-6H,4,8H2,1H3. The van der Waals surface area contributed by atoms with Gasteiger partial charge in [-0.1, -0.05) is 12.1 Å². The number of nitrogens with zero attached hydrogens (tertiary/aromatic N) is 1. The van der Waals surface area contributed by atoms with Gasteiger partial charge in [-0.3, -0.25) is 4.21 Å². The summed E-state index contributed by atoms with van der Waals surface area (Å²) in [7, 11) is 0.400. The Balaban J connectivity index is 2.84. The summed E-state index contributed by atoms with van der Waals surface area (Å²) in [5, 5.41) is 8.37. The minimum atomic E-state index is -1.14. The lowest BCUT2D eigenvalue weighted by Gasteiger charge is -2.05. The van der Waals surface area contributed by atoms with Crippen LogP contribution < -0.4 is 4.74 Å². The van der Waals surface area contributed by atoms with E-state index in [1.54, 1.807) is 19.2 Å². The summed E-state index contributed by atoms with van der Waals surface area (Å²) in [6, 6.07) is 9.12. The average Bonchev–Trinajstić information content (AvgIpc) is 2.25. The van der Waals surface area contributed by atoms with Crippen molar-refractivity contribution in [3.8, 4) is 11.8 Å². The van der Waals surface area contributed by atoms with Crippen molar-refractivity contribution in [3.63, 3.8) is 0 Å². The molecule has 0 aromatic heterocycles. The molecule has 0 fully saturated rings. The first-order valence-electron chi connectivity index (χ1n) is 4.18. The predicted molar refractivity (Wildman–Crippen MR) is 54.5 cm³/mol. The Morgan fingerprint density at radius 2 is 2.21 bits per heavy atom. The van der Waals surface area contributed by atoms with E-state index in [-0.39, 0.29) is 0 Å². The van der Waals surface area contributed by atoms with Gasteiger partial charge in [-0.2, -0.15) is 5.26 Å². The molecule has 0 heterocycles. The quantitative estimate of drug-likeness (QED) is 0.758. The molecule has 74 valence electrons. The van der Waals surface area contributed by atoms with Gasteiger partial charge < -0.3 is 4.74 Å². The van der Waals surface area contributed by atoms with Crippen molar-refractivity contribution in [3.05, 3.63) is 24.3 Å². The van der Waals surface area contributed by atoms with Crippen LogP contribution in [0.25, 0.3) is 0 Å². The maximum atomic E-state index is 11.7. The number of rotatable bonds is 4. The predicted octanol–water partition coefficient (Wildman–Crippen LogP) is 1.72. The second-order valence-electron chi connectivity index (χ2n) is 2.61. The second kappa shape index (κ2) is 5.40. The number of hydrogen-bond acceptors (Lipinski definition) is 3. The van der Waals surface area contributed by atoms with E-state index in [1.165, 1.54) is 0 Å². The van der Waals surface area contributed by atoms with Crippen molar-refractivity contribution in [2.75, 3.05) is 12.9 Å². The summed E-state index contributed by atoms with van der Waals surface area (Å²) < 4.78 is 16.7. The zero-order chi connectivity index (χ0) is 10.4. The Kier molecular flexibility index (Phi) is 4.14.